The fourth-order valence-corrected chi connectivity index (χ4v) is 1.63. The van der Waals surface area contributed by atoms with Crippen molar-refractivity contribution in [2.45, 2.75) is 13.3 Å². The molecular weight excluding hydrogens is 262 g/mol. The fourth-order valence-electron chi connectivity index (χ4n) is 1.63. The number of aryl methyl sites for hydroxylation is 1. The van der Waals surface area contributed by atoms with Crippen LogP contribution >= 0.6 is 0 Å². The zero-order valence-electron chi connectivity index (χ0n) is 10.7. The molecule has 0 spiro atoms. The fraction of sp³-hybridized carbons (Fsp3) is 0.167. The number of benzene rings is 1. The number of aromatic nitrogens is 2. The number of hydrogen-bond donors (Lipinski definition) is 2. The number of nitro groups is 1. The Kier molecular flexibility index (Phi) is 4.06. The highest BCUT2D eigenvalue weighted by Gasteiger charge is 2.20. The lowest BCUT2D eigenvalue weighted by Crippen LogP contribution is -2.11. The van der Waals surface area contributed by atoms with E-state index in [4.69, 9.17) is 10.6 Å². The summed E-state index contributed by atoms with van der Waals surface area (Å²) in [7, 11) is 0. The Hall–Kier alpha value is -2.74. The Balaban J connectivity index is 2.43. The molecule has 0 saturated heterocycles. The molecule has 0 aliphatic carbocycles. The third-order valence-electron chi connectivity index (χ3n) is 2.62. The first-order valence-corrected chi connectivity index (χ1v) is 5.89. The second-order valence-corrected chi connectivity index (χ2v) is 3.85. The van der Waals surface area contributed by atoms with Crippen LogP contribution in [0.2, 0.25) is 0 Å². The number of para-hydroxylation sites is 1. The highest BCUT2D eigenvalue weighted by molar-refractivity contribution is 5.46. The highest BCUT2D eigenvalue weighted by atomic mass is 16.6. The average Bonchev–Trinajstić information content (AvgIpc) is 2.47. The van der Waals surface area contributed by atoms with Gasteiger partial charge >= 0.3 is 11.6 Å². The summed E-state index contributed by atoms with van der Waals surface area (Å²) in [5.41, 5.74) is 2.82. The van der Waals surface area contributed by atoms with E-state index in [9.17, 15) is 10.1 Å². The molecule has 8 heteroatoms. The van der Waals surface area contributed by atoms with Crippen LogP contribution in [0.1, 0.15) is 12.5 Å². The quantitative estimate of drug-likeness (QED) is 0.487. The van der Waals surface area contributed by atoms with Crippen LogP contribution in [0.25, 0.3) is 0 Å². The van der Waals surface area contributed by atoms with Crippen molar-refractivity contribution in [3.63, 3.8) is 0 Å². The van der Waals surface area contributed by atoms with Gasteiger partial charge in [-0.3, -0.25) is 15.5 Å². The topological polar surface area (TPSA) is 116 Å². The summed E-state index contributed by atoms with van der Waals surface area (Å²) in [4.78, 5) is 17.9. The van der Waals surface area contributed by atoms with Gasteiger partial charge < -0.3 is 4.74 Å². The van der Waals surface area contributed by atoms with E-state index in [-0.39, 0.29) is 17.5 Å². The predicted molar refractivity (Wildman–Crippen MR) is 72.4 cm³/mol. The number of nitrogens with one attached hydrogen (secondary N) is 1. The number of anilines is 1. The van der Waals surface area contributed by atoms with Crippen molar-refractivity contribution in [2.24, 2.45) is 5.84 Å². The molecule has 1 heterocycles. The Bertz CT molecular complexity index is 632. The zero-order chi connectivity index (χ0) is 14.5. The summed E-state index contributed by atoms with van der Waals surface area (Å²) in [6, 6.07) is 7.25. The van der Waals surface area contributed by atoms with E-state index in [0.29, 0.717) is 5.75 Å². The van der Waals surface area contributed by atoms with Gasteiger partial charge in [-0.2, -0.15) is 4.98 Å². The molecule has 0 atom stereocenters. The number of rotatable bonds is 5. The van der Waals surface area contributed by atoms with Crippen molar-refractivity contribution in [1.82, 2.24) is 9.97 Å². The van der Waals surface area contributed by atoms with Crippen LogP contribution in [0, 0.1) is 10.1 Å². The van der Waals surface area contributed by atoms with E-state index >= 15 is 0 Å². The van der Waals surface area contributed by atoms with Gasteiger partial charge in [-0.05, 0) is 18.1 Å². The first kappa shape index (κ1) is 13.7. The maximum Gasteiger partial charge on any atom is 0.349 e. The maximum absolute atomic E-state index is 11.0. The van der Waals surface area contributed by atoms with Gasteiger partial charge in [-0.25, -0.2) is 10.8 Å². The second kappa shape index (κ2) is 5.93. The Labute approximate surface area is 114 Å². The monoisotopic (exact) mass is 275 g/mol. The molecule has 8 nitrogen and oxygen atoms in total. The van der Waals surface area contributed by atoms with Gasteiger partial charge in [0.15, 0.2) is 0 Å². The van der Waals surface area contributed by atoms with Gasteiger partial charge in [-0.1, -0.05) is 25.1 Å². The van der Waals surface area contributed by atoms with Crippen LogP contribution in [-0.2, 0) is 6.42 Å². The molecule has 20 heavy (non-hydrogen) atoms. The SMILES string of the molecule is CCc1ccccc1Oc1nc(NN)ncc1[N+](=O)[O-]. The van der Waals surface area contributed by atoms with E-state index in [2.05, 4.69) is 15.4 Å². The van der Waals surface area contributed by atoms with E-state index in [1.807, 2.05) is 19.1 Å². The largest absolute Gasteiger partial charge is 0.433 e. The third-order valence-corrected chi connectivity index (χ3v) is 2.62. The van der Waals surface area contributed by atoms with Crippen LogP contribution in [0.4, 0.5) is 11.6 Å². The number of nitrogen functional groups attached to an aromatic ring is 1. The normalized spacial score (nSPS) is 10.1. The lowest BCUT2D eigenvalue weighted by atomic mass is 10.1. The molecule has 0 fully saturated rings. The molecule has 0 radical (unpaired) electrons. The average molecular weight is 275 g/mol. The molecule has 3 N–H and O–H groups in total. The maximum atomic E-state index is 11.0. The van der Waals surface area contributed by atoms with E-state index in [1.165, 1.54) is 0 Å². The molecule has 104 valence electrons. The van der Waals surface area contributed by atoms with E-state index in [0.717, 1.165) is 18.2 Å². The molecule has 0 aliphatic heterocycles. The zero-order valence-corrected chi connectivity index (χ0v) is 10.7. The summed E-state index contributed by atoms with van der Waals surface area (Å²) in [5.74, 6) is 5.60. The summed E-state index contributed by atoms with van der Waals surface area (Å²) in [6.07, 6.45) is 1.78. The number of hydrogen-bond acceptors (Lipinski definition) is 7. The summed E-state index contributed by atoms with van der Waals surface area (Å²) >= 11 is 0. The van der Waals surface area contributed by atoms with Crippen molar-refractivity contribution < 1.29 is 9.66 Å². The van der Waals surface area contributed by atoms with Gasteiger partial charge in [0.05, 0.1) is 4.92 Å². The molecule has 0 unspecified atom stereocenters. The number of ether oxygens (including phenoxy) is 1. The molecule has 0 saturated carbocycles. The molecular formula is C12H13N5O3. The van der Waals surface area contributed by atoms with Crippen molar-refractivity contribution >= 4 is 11.6 Å². The lowest BCUT2D eigenvalue weighted by molar-refractivity contribution is -0.386. The van der Waals surface area contributed by atoms with Crippen molar-refractivity contribution in [3.8, 4) is 11.6 Å². The van der Waals surface area contributed by atoms with Crippen LogP contribution in [0.15, 0.2) is 30.5 Å². The van der Waals surface area contributed by atoms with Crippen molar-refractivity contribution in [3.05, 3.63) is 46.1 Å². The van der Waals surface area contributed by atoms with Crippen molar-refractivity contribution in [2.75, 3.05) is 5.43 Å². The molecule has 2 aromatic rings. The van der Waals surface area contributed by atoms with Crippen molar-refractivity contribution in [1.29, 1.82) is 0 Å². The summed E-state index contributed by atoms with van der Waals surface area (Å²) in [6.45, 7) is 1.96. The molecule has 0 amide bonds. The Morgan fingerprint density at radius 1 is 1.45 bits per heavy atom. The number of nitrogens with two attached hydrogens (primary N) is 1. The van der Waals surface area contributed by atoms with E-state index < -0.39 is 4.92 Å². The van der Waals surface area contributed by atoms with Gasteiger partial charge in [-0.15, -0.1) is 0 Å². The van der Waals surface area contributed by atoms with Gasteiger partial charge in [0.25, 0.3) is 0 Å². The van der Waals surface area contributed by atoms with Crippen LogP contribution in [0.3, 0.4) is 0 Å². The lowest BCUT2D eigenvalue weighted by Gasteiger charge is -2.09. The minimum absolute atomic E-state index is 0.0413. The minimum atomic E-state index is -0.607. The molecule has 0 aliphatic rings. The third kappa shape index (κ3) is 2.81. The molecule has 2 rings (SSSR count). The standard InChI is InChI=1S/C12H13N5O3/c1-2-8-5-3-4-6-10(8)20-11-9(17(18)19)7-14-12(15-11)16-13/h3-7H,2,13H2,1H3,(H,14,15,16). The van der Waals surface area contributed by atoms with Gasteiger partial charge in [0.2, 0.25) is 5.95 Å². The van der Waals surface area contributed by atoms with Crippen LogP contribution in [0.5, 0.6) is 11.6 Å². The molecule has 1 aromatic heterocycles. The minimum Gasteiger partial charge on any atom is -0.433 e. The molecule has 0 bridgehead atoms. The second-order valence-electron chi connectivity index (χ2n) is 3.85. The first-order chi connectivity index (χ1) is 9.65. The van der Waals surface area contributed by atoms with Gasteiger partial charge in [0.1, 0.15) is 11.9 Å². The summed E-state index contributed by atoms with van der Waals surface area (Å²) in [5, 5.41) is 11.0. The van der Waals surface area contributed by atoms with Gasteiger partial charge in [0, 0.05) is 0 Å². The number of hydrazine groups is 1. The van der Waals surface area contributed by atoms with Crippen LogP contribution < -0.4 is 16.0 Å². The molecule has 1 aromatic carbocycles. The van der Waals surface area contributed by atoms with E-state index in [1.54, 1.807) is 12.1 Å². The highest BCUT2D eigenvalue weighted by Crippen LogP contribution is 2.31. The predicted octanol–water partition coefficient (Wildman–Crippen LogP) is 2.03. The Morgan fingerprint density at radius 3 is 2.85 bits per heavy atom. The summed E-state index contributed by atoms with van der Waals surface area (Å²) < 4.78 is 5.55. The number of nitrogens with zero attached hydrogens (tertiary/aromatic N) is 3. The first-order valence-electron chi connectivity index (χ1n) is 5.89. The van der Waals surface area contributed by atoms with Crippen LogP contribution in [-0.4, -0.2) is 14.9 Å². The Morgan fingerprint density at radius 2 is 2.20 bits per heavy atom. The smallest absolute Gasteiger partial charge is 0.349 e.